The van der Waals surface area contributed by atoms with Gasteiger partial charge in [0.05, 0.1) is 0 Å². The standard InChI is InChI=1S/C10H11FO2/c11-9(6-7-10(12)13)8-4-2-1-3-5-8/h1-5,9H,6-7H2,(H,12,13). The zero-order chi connectivity index (χ0) is 9.68. The third-order valence-corrected chi connectivity index (χ3v) is 1.77. The number of carboxylic acids is 1. The highest BCUT2D eigenvalue weighted by atomic mass is 19.1. The Kier molecular flexibility index (Phi) is 3.43. The van der Waals surface area contributed by atoms with Crippen molar-refractivity contribution in [1.82, 2.24) is 0 Å². The monoisotopic (exact) mass is 182 g/mol. The maximum Gasteiger partial charge on any atom is 0.303 e. The molecule has 0 aliphatic heterocycles. The number of hydrogen-bond acceptors (Lipinski definition) is 1. The summed E-state index contributed by atoms with van der Waals surface area (Å²) in [7, 11) is 0. The fourth-order valence-electron chi connectivity index (χ4n) is 1.08. The molecule has 1 aromatic rings. The number of hydrogen-bond donors (Lipinski definition) is 1. The van der Waals surface area contributed by atoms with Crippen LogP contribution in [0.3, 0.4) is 0 Å². The van der Waals surface area contributed by atoms with Crippen LogP contribution >= 0.6 is 0 Å². The molecule has 0 bridgehead atoms. The van der Waals surface area contributed by atoms with Crippen LogP contribution in [0.25, 0.3) is 0 Å². The van der Waals surface area contributed by atoms with Gasteiger partial charge in [-0.3, -0.25) is 4.79 Å². The van der Waals surface area contributed by atoms with Crippen LogP contribution in [0.15, 0.2) is 30.3 Å². The van der Waals surface area contributed by atoms with Crippen LogP contribution in [0.4, 0.5) is 4.39 Å². The number of benzene rings is 1. The molecule has 0 fully saturated rings. The SMILES string of the molecule is O=C(O)CCC(F)c1ccccc1. The molecule has 3 heteroatoms. The van der Waals surface area contributed by atoms with Gasteiger partial charge >= 0.3 is 5.97 Å². The lowest BCUT2D eigenvalue weighted by Gasteiger charge is -2.05. The van der Waals surface area contributed by atoms with E-state index in [1.54, 1.807) is 30.3 Å². The summed E-state index contributed by atoms with van der Waals surface area (Å²) >= 11 is 0. The number of rotatable bonds is 4. The van der Waals surface area contributed by atoms with E-state index < -0.39 is 12.1 Å². The van der Waals surface area contributed by atoms with E-state index in [1.807, 2.05) is 0 Å². The average molecular weight is 182 g/mol. The Hall–Kier alpha value is -1.38. The van der Waals surface area contributed by atoms with Crippen LogP contribution in [0.2, 0.25) is 0 Å². The number of carbonyl (C=O) groups is 1. The Morgan fingerprint density at radius 2 is 2.00 bits per heavy atom. The normalized spacial score (nSPS) is 12.4. The summed E-state index contributed by atoms with van der Waals surface area (Å²) in [5.41, 5.74) is 0.545. The highest BCUT2D eigenvalue weighted by molar-refractivity contribution is 5.66. The quantitative estimate of drug-likeness (QED) is 0.776. The second kappa shape index (κ2) is 4.60. The van der Waals surface area contributed by atoms with Crippen LogP contribution < -0.4 is 0 Å². The highest BCUT2D eigenvalue weighted by Gasteiger charge is 2.10. The van der Waals surface area contributed by atoms with Crippen molar-refractivity contribution < 1.29 is 14.3 Å². The largest absolute Gasteiger partial charge is 0.481 e. The van der Waals surface area contributed by atoms with Crippen LogP contribution in [-0.2, 0) is 4.79 Å². The van der Waals surface area contributed by atoms with Crippen LogP contribution in [0.5, 0.6) is 0 Å². The Morgan fingerprint density at radius 1 is 1.38 bits per heavy atom. The minimum atomic E-state index is -1.17. The molecule has 1 N–H and O–H groups in total. The molecular formula is C10H11FO2. The first-order valence-electron chi connectivity index (χ1n) is 4.11. The topological polar surface area (TPSA) is 37.3 Å². The van der Waals surface area contributed by atoms with E-state index in [-0.39, 0.29) is 12.8 Å². The first-order valence-corrected chi connectivity index (χ1v) is 4.11. The van der Waals surface area contributed by atoms with Gasteiger partial charge in [0.1, 0.15) is 6.17 Å². The molecule has 0 spiro atoms. The van der Waals surface area contributed by atoms with E-state index >= 15 is 0 Å². The second-order valence-corrected chi connectivity index (χ2v) is 2.81. The molecule has 70 valence electrons. The maximum absolute atomic E-state index is 13.2. The van der Waals surface area contributed by atoms with E-state index in [2.05, 4.69) is 0 Å². The first-order chi connectivity index (χ1) is 6.20. The van der Waals surface area contributed by atoms with Crippen molar-refractivity contribution >= 4 is 5.97 Å². The fourth-order valence-corrected chi connectivity index (χ4v) is 1.08. The molecule has 0 aromatic heterocycles. The van der Waals surface area contributed by atoms with Gasteiger partial charge in [-0.15, -0.1) is 0 Å². The average Bonchev–Trinajstić information content (AvgIpc) is 2.15. The predicted molar refractivity (Wildman–Crippen MR) is 47.2 cm³/mol. The number of carboxylic acid groups (broad SMARTS) is 1. The Morgan fingerprint density at radius 3 is 2.54 bits per heavy atom. The lowest BCUT2D eigenvalue weighted by atomic mass is 10.1. The lowest BCUT2D eigenvalue weighted by molar-refractivity contribution is -0.137. The van der Waals surface area contributed by atoms with E-state index in [9.17, 15) is 9.18 Å². The van der Waals surface area contributed by atoms with Crippen molar-refractivity contribution in [3.63, 3.8) is 0 Å². The number of aliphatic carboxylic acids is 1. The van der Waals surface area contributed by atoms with Gasteiger partial charge in [-0.05, 0) is 12.0 Å². The van der Waals surface area contributed by atoms with E-state index in [0.717, 1.165) is 0 Å². The zero-order valence-corrected chi connectivity index (χ0v) is 7.11. The Bertz CT molecular complexity index is 272. The zero-order valence-electron chi connectivity index (χ0n) is 7.11. The van der Waals surface area contributed by atoms with Gasteiger partial charge in [0.2, 0.25) is 0 Å². The summed E-state index contributed by atoms with van der Waals surface area (Å²) in [5, 5.41) is 8.34. The molecule has 0 aliphatic rings. The van der Waals surface area contributed by atoms with Gasteiger partial charge in [-0.2, -0.15) is 0 Å². The summed E-state index contributed by atoms with van der Waals surface area (Å²) in [6, 6.07) is 8.60. The van der Waals surface area contributed by atoms with Gasteiger partial charge in [0, 0.05) is 6.42 Å². The summed E-state index contributed by atoms with van der Waals surface area (Å²) in [6.07, 6.45) is -1.26. The van der Waals surface area contributed by atoms with Gasteiger partial charge in [-0.25, -0.2) is 4.39 Å². The summed E-state index contributed by atoms with van der Waals surface area (Å²) < 4.78 is 13.2. The van der Waals surface area contributed by atoms with Crippen molar-refractivity contribution in [2.45, 2.75) is 19.0 Å². The molecule has 13 heavy (non-hydrogen) atoms. The molecule has 0 heterocycles. The molecular weight excluding hydrogens is 171 g/mol. The van der Waals surface area contributed by atoms with Crippen LogP contribution in [-0.4, -0.2) is 11.1 Å². The van der Waals surface area contributed by atoms with Crippen molar-refractivity contribution in [2.75, 3.05) is 0 Å². The van der Waals surface area contributed by atoms with Crippen molar-refractivity contribution in [1.29, 1.82) is 0 Å². The minimum Gasteiger partial charge on any atom is -0.481 e. The smallest absolute Gasteiger partial charge is 0.303 e. The molecule has 0 aliphatic carbocycles. The third kappa shape index (κ3) is 3.23. The molecule has 1 atom stereocenters. The molecule has 0 radical (unpaired) electrons. The molecule has 1 rings (SSSR count). The highest BCUT2D eigenvalue weighted by Crippen LogP contribution is 2.21. The van der Waals surface area contributed by atoms with Crippen molar-refractivity contribution in [3.05, 3.63) is 35.9 Å². The van der Waals surface area contributed by atoms with Gasteiger partial charge < -0.3 is 5.11 Å². The summed E-state index contributed by atoms with van der Waals surface area (Å²) in [6.45, 7) is 0. The maximum atomic E-state index is 13.2. The van der Waals surface area contributed by atoms with E-state index in [1.165, 1.54) is 0 Å². The number of halogens is 1. The molecule has 0 saturated heterocycles. The second-order valence-electron chi connectivity index (χ2n) is 2.81. The predicted octanol–water partition coefficient (Wildman–Crippen LogP) is 2.56. The molecule has 2 nitrogen and oxygen atoms in total. The van der Waals surface area contributed by atoms with E-state index in [0.29, 0.717) is 5.56 Å². The molecule has 1 aromatic carbocycles. The molecule has 0 amide bonds. The fraction of sp³-hybridized carbons (Fsp3) is 0.300. The van der Waals surface area contributed by atoms with Gasteiger partial charge in [-0.1, -0.05) is 30.3 Å². The minimum absolute atomic E-state index is 0.0410. The summed E-state index contributed by atoms with van der Waals surface area (Å²) in [5.74, 6) is -0.960. The Labute approximate surface area is 76.0 Å². The third-order valence-electron chi connectivity index (χ3n) is 1.77. The summed E-state index contributed by atoms with van der Waals surface area (Å²) in [4.78, 5) is 10.2. The lowest BCUT2D eigenvalue weighted by Crippen LogP contribution is -1.98. The first kappa shape index (κ1) is 9.71. The van der Waals surface area contributed by atoms with Crippen molar-refractivity contribution in [3.8, 4) is 0 Å². The Balaban J connectivity index is 2.49. The van der Waals surface area contributed by atoms with E-state index in [4.69, 9.17) is 5.11 Å². The molecule has 1 unspecified atom stereocenters. The molecule has 0 saturated carbocycles. The van der Waals surface area contributed by atoms with Crippen molar-refractivity contribution in [2.24, 2.45) is 0 Å². The van der Waals surface area contributed by atoms with Crippen LogP contribution in [0.1, 0.15) is 24.6 Å². The number of alkyl halides is 1. The van der Waals surface area contributed by atoms with Gasteiger partial charge in [0.15, 0.2) is 0 Å². The van der Waals surface area contributed by atoms with Gasteiger partial charge in [0.25, 0.3) is 0 Å². The van der Waals surface area contributed by atoms with Crippen LogP contribution in [0, 0.1) is 0 Å².